The highest BCUT2D eigenvalue weighted by atomic mass is 32.7. The van der Waals surface area contributed by atoms with Crippen molar-refractivity contribution in [2.45, 2.75) is 50.0 Å². The number of aliphatic hydroxyl groups is 2. The lowest BCUT2D eigenvalue weighted by molar-refractivity contribution is -0.147. The molecule has 2 aromatic heterocycles. The van der Waals surface area contributed by atoms with Gasteiger partial charge in [-0.15, -0.1) is 0 Å². The summed E-state index contributed by atoms with van der Waals surface area (Å²) in [5.41, 5.74) is 5.33. The standard InChI is InChI=1S/C23H29N6O8PS/c1-23(32)17(30)15(37-21(23)29-12-25-16-18(29)26-22(24)27-19(16)34-2)11-36-38(33)28-14(8-9-39-38)20(31)35-10-13-6-4-3-5-7-13/h3-7,12,14-15,17,21,30,32H,8-11H2,1-2H3,(H,28,33)(H2,24,26,27)/t14-,15+,17+,21+,23+,38?/m0/s1. The number of nitrogens with zero attached hydrogens (tertiary/aromatic N) is 4. The average Bonchev–Trinajstić information content (AvgIpc) is 3.43. The van der Waals surface area contributed by atoms with Gasteiger partial charge in [-0.3, -0.25) is 13.9 Å². The van der Waals surface area contributed by atoms with E-state index in [1.807, 2.05) is 30.3 Å². The van der Waals surface area contributed by atoms with Gasteiger partial charge in [0.05, 0.1) is 20.0 Å². The number of hydrogen-bond acceptors (Lipinski definition) is 13. The van der Waals surface area contributed by atoms with Gasteiger partial charge in [0.2, 0.25) is 11.8 Å². The minimum atomic E-state index is -3.56. The molecule has 2 fully saturated rings. The second-order valence-electron chi connectivity index (χ2n) is 9.30. The highest BCUT2D eigenvalue weighted by Crippen LogP contribution is 2.59. The molecule has 39 heavy (non-hydrogen) atoms. The van der Waals surface area contributed by atoms with E-state index in [0.717, 1.165) is 16.9 Å². The third-order valence-corrected chi connectivity index (χ3v) is 10.6. The number of methoxy groups -OCH3 is 1. The number of hydrogen-bond donors (Lipinski definition) is 4. The summed E-state index contributed by atoms with van der Waals surface area (Å²) >= 11 is 1.05. The van der Waals surface area contributed by atoms with Crippen molar-refractivity contribution in [2.75, 3.05) is 25.2 Å². The maximum atomic E-state index is 13.4. The van der Waals surface area contributed by atoms with Gasteiger partial charge in [-0.05, 0) is 18.9 Å². The van der Waals surface area contributed by atoms with Crippen LogP contribution in [0.4, 0.5) is 5.95 Å². The van der Waals surface area contributed by atoms with Crippen LogP contribution in [0, 0.1) is 0 Å². The Morgan fingerprint density at radius 2 is 2.13 bits per heavy atom. The molecule has 14 nitrogen and oxygen atoms in total. The normalized spacial score (nSPS) is 30.9. The predicted molar refractivity (Wildman–Crippen MR) is 141 cm³/mol. The van der Waals surface area contributed by atoms with Crippen LogP contribution in [-0.2, 0) is 30.0 Å². The number of esters is 1. The lowest BCUT2D eigenvalue weighted by Gasteiger charge is -2.29. The fraction of sp³-hybridized carbons (Fsp3) is 0.478. The lowest BCUT2D eigenvalue weighted by Crippen LogP contribution is -2.44. The Balaban J connectivity index is 1.24. The van der Waals surface area contributed by atoms with Crippen LogP contribution in [0.15, 0.2) is 36.7 Å². The van der Waals surface area contributed by atoms with Crippen LogP contribution in [0.3, 0.4) is 0 Å². The molecule has 5 rings (SSSR count). The zero-order valence-corrected chi connectivity index (χ0v) is 22.9. The van der Waals surface area contributed by atoms with Crippen LogP contribution in [0.2, 0.25) is 0 Å². The van der Waals surface area contributed by atoms with Crippen LogP contribution < -0.4 is 15.6 Å². The number of aliphatic hydroxyl groups excluding tert-OH is 1. The monoisotopic (exact) mass is 580 g/mol. The molecule has 3 aromatic rings. The van der Waals surface area contributed by atoms with Crippen molar-refractivity contribution in [1.82, 2.24) is 24.6 Å². The number of ether oxygens (including phenoxy) is 3. The molecule has 0 bridgehead atoms. The van der Waals surface area contributed by atoms with Gasteiger partial charge in [-0.1, -0.05) is 41.7 Å². The molecule has 2 aliphatic rings. The number of aromatic nitrogens is 4. The molecule has 16 heteroatoms. The summed E-state index contributed by atoms with van der Waals surface area (Å²) in [6.45, 7) is -2.39. The van der Waals surface area contributed by atoms with E-state index >= 15 is 0 Å². The van der Waals surface area contributed by atoms with E-state index in [1.165, 1.54) is 24.9 Å². The van der Waals surface area contributed by atoms with Crippen LogP contribution in [0.5, 0.6) is 5.88 Å². The minimum Gasteiger partial charge on any atom is -0.479 e. The Bertz CT molecular complexity index is 1390. The summed E-state index contributed by atoms with van der Waals surface area (Å²) in [5.74, 6) is -0.0701. The maximum Gasteiger partial charge on any atom is 0.327 e. The first-order valence-corrected chi connectivity index (χ1v) is 15.3. The van der Waals surface area contributed by atoms with Gasteiger partial charge in [0, 0.05) is 5.75 Å². The number of imidazole rings is 1. The highest BCUT2D eigenvalue weighted by Gasteiger charge is 2.54. The van der Waals surface area contributed by atoms with Crippen molar-refractivity contribution in [3.8, 4) is 5.88 Å². The molecule has 2 aliphatic heterocycles. The van der Waals surface area contributed by atoms with Crippen LogP contribution in [0.25, 0.3) is 11.2 Å². The Hall–Kier alpha value is -2.78. The Morgan fingerprint density at radius 3 is 2.87 bits per heavy atom. The summed E-state index contributed by atoms with van der Waals surface area (Å²) in [4.78, 5) is 25.0. The summed E-state index contributed by atoms with van der Waals surface area (Å²) < 4.78 is 37.0. The third-order valence-electron chi connectivity index (χ3n) is 6.51. The molecule has 0 spiro atoms. The molecule has 0 radical (unpaired) electrons. The van der Waals surface area contributed by atoms with Crippen molar-refractivity contribution in [2.24, 2.45) is 0 Å². The number of carbonyl (C=O) groups excluding carboxylic acids is 1. The molecule has 4 heterocycles. The molecule has 0 aliphatic carbocycles. The van der Waals surface area contributed by atoms with Gasteiger partial charge >= 0.3 is 12.7 Å². The number of carbonyl (C=O) groups is 1. The van der Waals surface area contributed by atoms with Crippen molar-refractivity contribution in [1.29, 1.82) is 0 Å². The van der Waals surface area contributed by atoms with Crippen molar-refractivity contribution < 1.29 is 38.3 Å². The second-order valence-corrected chi connectivity index (χ2v) is 13.7. The molecule has 5 N–H and O–H groups in total. The van der Waals surface area contributed by atoms with Gasteiger partial charge in [0.15, 0.2) is 17.4 Å². The first kappa shape index (κ1) is 27.8. The quantitative estimate of drug-likeness (QED) is 0.220. The second kappa shape index (κ2) is 11.0. The summed E-state index contributed by atoms with van der Waals surface area (Å²) in [6, 6.07) is 8.42. The summed E-state index contributed by atoms with van der Waals surface area (Å²) in [5, 5.41) is 24.8. The smallest absolute Gasteiger partial charge is 0.327 e. The van der Waals surface area contributed by atoms with Crippen LogP contribution in [0.1, 0.15) is 25.1 Å². The SMILES string of the molecule is COc1nc(N)nc2c1ncn2[C@@H]1O[C@H](COP2(=O)N[C@H](C(=O)OCc3ccccc3)CCS2)[C@@H](O)[C@@]1(C)O. The lowest BCUT2D eigenvalue weighted by atomic mass is 9.96. The Kier molecular flexibility index (Phi) is 7.84. The minimum absolute atomic E-state index is 0.0745. The van der Waals surface area contributed by atoms with Gasteiger partial charge in [0.25, 0.3) is 0 Å². The largest absolute Gasteiger partial charge is 0.479 e. The number of nitrogens with two attached hydrogens (primary N) is 1. The molecule has 0 amide bonds. The number of benzene rings is 1. The van der Waals surface area contributed by atoms with Gasteiger partial charge in [-0.25, -0.2) is 10.1 Å². The number of nitrogen functional groups attached to an aromatic ring is 1. The zero-order valence-electron chi connectivity index (χ0n) is 21.2. The maximum absolute atomic E-state index is 13.4. The number of fused-ring (bicyclic) bond motifs is 1. The van der Waals surface area contributed by atoms with E-state index in [1.54, 1.807) is 0 Å². The van der Waals surface area contributed by atoms with Crippen LogP contribution >= 0.6 is 18.1 Å². The first-order chi connectivity index (χ1) is 18.6. The number of anilines is 1. The average molecular weight is 581 g/mol. The summed E-state index contributed by atoms with van der Waals surface area (Å²) in [7, 11) is 1.41. The van der Waals surface area contributed by atoms with E-state index in [9.17, 15) is 19.6 Å². The van der Waals surface area contributed by atoms with E-state index < -0.39 is 42.8 Å². The van der Waals surface area contributed by atoms with Gasteiger partial charge < -0.3 is 34.7 Å². The topological polar surface area (TPSA) is 193 Å². The molecular formula is C23H29N6O8PS. The molecule has 6 atom stereocenters. The number of nitrogens with one attached hydrogen (secondary N) is 1. The third kappa shape index (κ3) is 5.61. The number of rotatable bonds is 8. The fourth-order valence-electron chi connectivity index (χ4n) is 4.43. The first-order valence-electron chi connectivity index (χ1n) is 12.1. The van der Waals surface area contributed by atoms with E-state index in [-0.39, 0.29) is 36.2 Å². The molecule has 1 aromatic carbocycles. The molecule has 0 saturated carbocycles. The molecule has 2 saturated heterocycles. The van der Waals surface area contributed by atoms with Crippen molar-refractivity contribution >= 4 is 41.2 Å². The van der Waals surface area contributed by atoms with E-state index in [0.29, 0.717) is 12.2 Å². The Labute approximate surface area is 227 Å². The van der Waals surface area contributed by atoms with Crippen molar-refractivity contribution in [3.63, 3.8) is 0 Å². The fourth-order valence-corrected chi connectivity index (χ4v) is 8.24. The van der Waals surface area contributed by atoms with Gasteiger partial charge in [0.1, 0.15) is 30.5 Å². The van der Waals surface area contributed by atoms with Crippen LogP contribution in [-0.4, -0.2) is 79.0 Å². The molecule has 1 unspecified atom stereocenters. The van der Waals surface area contributed by atoms with E-state index in [4.69, 9.17) is 24.5 Å². The van der Waals surface area contributed by atoms with Crippen molar-refractivity contribution in [3.05, 3.63) is 42.2 Å². The molecular weight excluding hydrogens is 551 g/mol. The van der Waals surface area contributed by atoms with E-state index in [2.05, 4.69) is 20.0 Å². The zero-order chi connectivity index (χ0) is 27.8. The Morgan fingerprint density at radius 1 is 1.36 bits per heavy atom. The summed E-state index contributed by atoms with van der Waals surface area (Å²) in [6.07, 6.45) is -1.86. The van der Waals surface area contributed by atoms with Gasteiger partial charge in [-0.2, -0.15) is 9.97 Å². The highest BCUT2D eigenvalue weighted by molar-refractivity contribution is 8.56. The molecule has 210 valence electrons. The predicted octanol–water partition coefficient (Wildman–Crippen LogP) is 1.39.